The van der Waals surface area contributed by atoms with Crippen molar-refractivity contribution in [1.29, 1.82) is 0 Å². The summed E-state index contributed by atoms with van der Waals surface area (Å²) in [5.41, 5.74) is 13.5. The fraction of sp³-hybridized carbons (Fsp3) is 0.276. The predicted octanol–water partition coefficient (Wildman–Crippen LogP) is 5.94. The number of pyridine rings is 1. The van der Waals surface area contributed by atoms with E-state index in [-0.39, 0.29) is 5.60 Å². The Labute approximate surface area is 220 Å². The van der Waals surface area contributed by atoms with Crippen LogP contribution in [0.15, 0.2) is 60.9 Å². The van der Waals surface area contributed by atoms with Gasteiger partial charge in [-0.1, -0.05) is 36.4 Å². The minimum Gasteiger partial charge on any atom is -0.397 e. The van der Waals surface area contributed by atoms with Crippen molar-refractivity contribution in [3.8, 4) is 0 Å². The van der Waals surface area contributed by atoms with Gasteiger partial charge in [-0.05, 0) is 49.6 Å². The number of nitrogens with two attached hydrogens (primary N) is 1. The maximum Gasteiger partial charge on any atom is 0.147 e. The van der Waals surface area contributed by atoms with Crippen molar-refractivity contribution >= 4 is 49.0 Å². The van der Waals surface area contributed by atoms with Gasteiger partial charge in [-0.15, -0.1) is 11.3 Å². The minimum absolute atomic E-state index is 0.184. The first kappa shape index (κ1) is 23.6. The molecule has 0 aliphatic carbocycles. The van der Waals surface area contributed by atoms with Crippen molar-refractivity contribution in [2.45, 2.75) is 45.4 Å². The van der Waals surface area contributed by atoms with Crippen LogP contribution in [-0.4, -0.2) is 27.1 Å². The number of nitrogens with zero attached hydrogens (tertiary/aromatic N) is 3. The smallest absolute Gasteiger partial charge is 0.147 e. The second-order valence-electron chi connectivity index (χ2n) is 10.1. The topological polar surface area (TPSA) is 98.0 Å². The molecule has 0 saturated heterocycles. The summed E-state index contributed by atoms with van der Waals surface area (Å²) in [6, 6.07) is 18.7. The number of hydrogen-bond acceptors (Lipinski definition) is 8. The first-order chi connectivity index (χ1) is 17.9. The van der Waals surface area contributed by atoms with Gasteiger partial charge in [-0.25, -0.2) is 15.0 Å². The normalized spacial score (nSPS) is 14.5. The molecule has 8 heteroatoms. The van der Waals surface area contributed by atoms with Crippen LogP contribution in [0.1, 0.15) is 36.2 Å². The van der Waals surface area contributed by atoms with Gasteiger partial charge in [-0.3, -0.25) is 0 Å². The monoisotopic (exact) mass is 510 g/mol. The third-order valence-corrected chi connectivity index (χ3v) is 7.87. The summed E-state index contributed by atoms with van der Waals surface area (Å²) in [5, 5.41) is 8.01. The van der Waals surface area contributed by atoms with Crippen molar-refractivity contribution in [2.24, 2.45) is 0 Å². The molecule has 0 bridgehead atoms. The molecule has 0 atom stereocenters. The Morgan fingerprint density at radius 2 is 1.89 bits per heavy atom. The maximum absolute atomic E-state index is 6.34. The van der Waals surface area contributed by atoms with E-state index in [4.69, 9.17) is 15.5 Å². The number of ether oxygens (including phenoxy) is 1. The summed E-state index contributed by atoms with van der Waals surface area (Å²) in [6.45, 7) is 6.30. The van der Waals surface area contributed by atoms with Gasteiger partial charge < -0.3 is 21.1 Å². The van der Waals surface area contributed by atoms with Crippen LogP contribution in [-0.2, 0) is 30.7 Å². The van der Waals surface area contributed by atoms with Gasteiger partial charge in [-0.2, -0.15) is 0 Å². The molecule has 1 aliphatic heterocycles. The summed E-state index contributed by atoms with van der Waals surface area (Å²) < 4.78 is 7.04. The minimum atomic E-state index is -0.184. The molecule has 0 amide bonds. The third kappa shape index (κ3) is 4.95. The SMILES string of the molecule is CC1(C)Cc2nc3sc4c(NCCc5ccc(NCc6ccccc6)c(N)c5)ncnc4c3cc2CO1. The van der Waals surface area contributed by atoms with Gasteiger partial charge in [0, 0.05) is 30.5 Å². The lowest BCUT2D eigenvalue weighted by Gasteiger charge is -2.30. The lowest BCUT2D eigenvalue weighted by Crippen LogP contribution is -2.32. The molecule has 188 valence electrons. The van der Waals surface area contributed by atoms with Crippen molar-refractivity contribution in [2.75, 3.05) is 22.9 Å². The zero-order valence-corrected chi connectivity index (χ0v) is 21.9. The number of hydrogen-bond donors (Lipinski definition) is 3. The molecule has 0 radical (unpaired) electrons. The van der Waals surface area contributed by atoms with E-state index in [1.807, 2.05) is 24.3 Å². The maximum atomic E-state index is 6.34. The van der Waals surface area contributed by atoms with Crippen molar-refractivity contribution in [1.82, 2.24) is 15.0 Å². The number of fused-ring (bicyclic) bond motifs is 4. The van der Waals surface area contributed by atoms with Gasteiger partial charge in [0.1, 0.15) is 17.0 Å². The quantitative estimate of drug-likeness (QED) is 0.233. The Balaban J connectivity index is 1.15. The van der Waals surface area contributed by atoms with Gasteiger partial charge in [0.05, 0.1) is 39.5 Å². The molecule has 0 spiro atoms. The standard InChI is InChI=1S/C29H30N6OS/c1-29(2)14-24-20(16-36-29)13-21-25-26(37-28(21)35-24)27(34-17-33-25)31-11-10-18-8-9-23(22(30)12-18)32-15-19-6-4-3-5-7-19/h3-9,12-13,17,32H,10-11,14-16,30H2,1-2H3,(H,31,33,34). The zero-order valence-electron chi connectivity index (χ0n) is 21.0. The van der Waals surface area contributed by atoms with Crippen molar-refractivity contribution in [3.05, 3.63) is 83.3 Å². The van der Waals surface area contributed by atoms with E-state index in [1.54, 1.807) is 17.7 Å². The Kier molecular flexibility index (Phi) is 6.14. The largest absolute Gasteiger partial charge is 0.397 e. The second kappa shape index (κ2) is 9.61. The summed E-state index contributed by atoms with van der Waals surface area (Å²) in [5.74, 6) is 0.844. The Morgan fingerprint density at radius 3 is 2.73 bits per heavy atom. The Bertz CT molecular complexity index is 1580. The van der Waals surface area contributed by atoms with Gasteiger partial charge in [0.2, 0.25) is 0 Å². The van der Waals surface area contributed by atoms with Crippen LogP contribution < -0.4 is 16.4 Å². The van der Waals surface area contributed by atoms with E-state index in [0.717, 1.165) is 74.8 Å². The number of rotatable bonds is 7. The molecule has 6 rings (SSSR count). The van der Waals surface area contributed by atoms with Crippen LogP contribution in [0.3, 0.4) is 0 Å². The van der Waals surface area contributed by atoms with Gasteiger partial charge in [0.15, 0.2) is 0 Å². The molecule has 5 aromatic rings. The molecular weight excluding hydrogens is 480 g/mol. The first-order valence-electron chi connectivity index (χ1n) is 12.6. The highest BCUT2D eigenvalue weighted by Gasteiger charge is 2.28. The van der Waals surface area contributed by atoms with Crippen molar-refractivity contribution < 1.29 is 4.74 Å². The molecule has 0 saturated carbocycles. The molecular formula is C29H30N6OS. The highest BCUT2D eigenvalue weighted by atomic mass is 32.1. The van der Waals surface area contributed by atoms with Crippen LogP contribution in [0.4, 0.5) is 17.2 Å². The van der Waals surface area contributed by atoms with E-state index in [9.17, 15) is 0 Å². The number of anilines is 3. The summed E-state index contributed by atoms with van der Waals surface area (Å²) in [4.78, 5) is 15.1. The lowest BCUT2D eigenvalue weighted by molar-refractivity contribution is -0.0411. The Hall–Kier alpha value is -3.75. The summed E-state index contributed by atoms with van der Waals surface area (Å²) in [7, 11) is 0. The van der Waals surface area contributed by atoms with E-state index in [2.05, 4.69) is 64.8 Å². The van der Waals surface area contributed by atoms with Crippen LogP contribution in [0.2, 0.25) is 0 Å². The lowest BCUT2D eigenvalue weighted by atomic mass is 9.95. The molecule has 4 N–H and O–H groups in total. The zero-order chi connectivity index (χ0) is 25.4. The van der Waals surface area contributed by atoms with E-state index < -0.39 is 0 Å². The molecule has 37 heavy (non-hydrogen) atoms. The Morgan fingerprint density at radius 1 is 1.03 bits per heavy atom. The van der Waals surface area contributed by atoms with Gasteiger partial charge >= 0.3 is 0 Å². The molecule has 7 nitrogen and oxygen atoms in total. The second-order valence-corrected chi connectivity index (χ2v) is 11.1. The number of thiophene rings is 1. The van der Waals surface area contributed by atoms with Crippen LogP contribution in [0, 0.1) is 0 Å². The van der Waals surface area contributed by atoms with E-state index in [1.165, 1.54) is 11.1 Å². The predicted molar refractivity (Wildman–Crippen MR) is 152 cm³/mol. The van der Waals surface area contributed by atoms with Crippen LogP contribution in [0.5, 0.6) is 0 Å². The van der Waals surface area contributed by atoms with Crippen LogP contribution in [0.25, 0.3) is 20.4 Å². The highest BCUT2D eigenvalue weighted by molar-refractivity contribution is 7.25. The molecule has 0 unspecified atom stereocenters. The average molecular weight is 511 g/mol. The number of nitrogens with one attached hydrogen (secondary N) is 2. The fourth-order valence-corrected chi connectivity index (χ4v) is 5.85. The summed E-state index contributed by atoms with van der Waals surface area (Å²) >= 11 is 1.65. The molecule has 2 aromatic carbocycles. The molecule has 1 aliphatic rings. The highest BCUT2D eigenvalue weighted by Crippen LogP contribution is 2.38. The van der Waals surface area contributed by atoms with Gasteiger partial charge in [0.25, 0.3) is 0 Å². The van der Waals surface area contributed by atoms with E-state index >= 15 is 0 Å². The average Bonchev–Trinajstić information content (AvgIpc) is 3.25. The fourth-order valence-electron chi connectivity index (χ4n) is 4.76. The van der Waals surface area contributed by atoms with Crippen LogP contribution >= 0.6 is 11.3 Å². The number of nitrogen functional groups attached to an aromatic ring is 1. The number of benzene rings is 2. The summed E-state index contributed by atoms with van der Waals surface area (Å²) in [6.07, 6.45) is 3.27. The first-order valence-corrected chi connectivity index (χ1v) is 13.4. The van der Waals surface area contributed by atoms with E-state index in [0.29, 0.717) is 6.61 Å². The molecule has 4 heterocycles. The third-order valence-electron chi connectivity index (χ3n) is 6.77. The molecule has 3 aromatic heterocycles. The number of aromatic nitrogens is 3. The molecule has 0 fully saturated rings. The van der Waals surface area contributed by atoms with Crippen molar-refractivity contribution in [3.63, 3.8) is 0 Å².